The third-order valence-corrected chi connectivity index (χ3v) is 2.91. The Morgan fingerprint density at radius 2 is 2.20 bits per heavy atom. The molecule has 0 saturated heterocycles. The van der Waals surface area contributed by atoms with Crippen LogP contribution < -0.4 is 0 Å². The van der Waals surface area contributed by atoms with Crippen LogP contribution in [0, 0.1) is 5.92 Å². The molecule has 1 unspecified atom stereocenters. The molecule has 15 heavy (non-hydrogen) atoms. The number of nitrogens with zero attached hydrogens (tertiary/aromatic N) is 5. The summed E-state index contributed by atoms with van der Waals surface area (Å²) in [6.07, 6.45) is 0.731. The van der Waals surface area contributed by atoms with Gasteiger partial charge in [-0.15, -0.1) is 21.3 Å². The molecule has 80 valence electrons. The van der Waals surface area contributed by atoms with Crippen molar-refractivity contribution in [2.24, 2.45) is 5.92 Å². The summed E-state index contributed by atoms with van der Waals surface area (Å²) in [4.78, 5) is 0. The lowest BCUT2D eigenvalue weighted by Gasteiger charge is -2.11. The van der Waals surface area contributed by atoms with E-state index >= 15 is 0 Å². The summed E-state index contributed by atoms with van der Waals surface area (Å²) in [5.41, 5.74) is 1.55. The standard InChI is InChI=1S/C9H12ClN5/c1-6(2)8(10)5-7-3-4-9-11-13-14-15(9)12-7/h3-4,6,8H,5H2,1-2H3. The summed E-state index contributed by atoms with van der Waals surface area (Å²) in [5, 5.41) is 15.4. The molecule has 1 atom stereocenters. The second-order valence-corrected chi connectivity index (χ2v) is 4.38. The number of fused-ring (bicyclic) bond motifs is 1. The molecular formula is C9H12ClN5. The first kappa shape index (κ1) is 10.3. The van der Waals surface area contributed by atoms with Gasteiger partial charge in [0.25, 0.3) is 0 Å². The van der Waals surface area contributed by atoms with Crippen molar-refractivity contribution in [3.8, 4) is 0 Å². The Hall–Kier alpha value is -1.23. The van der Waals surface area contributed by atoms with Crippen LogP contribution in [0.25, 0.3) is 5.65 Å². The average molecular weight is 226 g/mol. The van der Waals surface area contributed by atoms with Gasteiger partial charge in [-0.05, 0) is 28.5 Å². The minimum absolute atomic E-state index is 0.0893. The minimum Gasteiger partial charge on any atom is -0.152 e. The van der Waals surface area contributed by atoms with E-state index in [9.17, 15) is 0 Å². The SMILES string of the molecule is CC(C)C(Cl)Cc1ccc2nnnn2n1. The van der Waals surface area contributed by atoms with Crippen molar-refractivity contribution >= 4 is 17.2 Å². The maximum absolute atomic E-state index is 6.17. The van der Waals surface area contributed by atoms with E-state index in [2.05, 4.69) is 34.5 Å². The molecule has 5 nitrogen and oxygen atoms in total. The first-order valence-electron chi connectivity index (χ1n) is 4.85. The second-order valence-electron chi connectivity index (χ2n) is 3.82. The van der Waals surface area contributed by atoms with Crippen molar-refractivity contribution in [3.63, 3.8) is 0 Å². The van der Waals surface area contributed by atoms with Gasteiger partial charge in [-0.3, -0.25) is 0 Å². The molecule has 0 amide bonds. The molecule has 2 aromatic heterocycles. The van der Waals surface area contributed by atoms with Crippen LogP contribution >= 0.6 is 11.6 Å². The molecule has 0 aliphatic heterocycles. The molecular weight excluding hydrogens is 214 g/mol. The van der Waals surface area contributed by atoms with Gasteiger partial charge in [0, 0.05) is 11.8 Å². The van der Waals surface area contributed by atoms with Crippen LogP contribution in [0.1, 0.15) is 19.5 Å². The van der Waals surface area contributed by atoms with Gasteiger partial charge in [0.1, 0.15) is 0 Å². The molecule has 0 radical (unpaired) electrons. The number of tetrazole rings is 1. The van der Waals surface area contributed by atoms with Gasteiger partial charge >= 0.3 is 0 Å². The Balaban J connectivity index is 2.21. The van der Waals surface area contributed by atoms with Crippen molar-refractivity contribution in [2.45, 2.75) is 25.6 Å². The fourth-order valence-electron chi connectivity index (χ4n) is 1.23. The van der Waals surface area contributed by atoms with Gasteiger partial charge < -0.3 is 0 Å². The maximum atomic E-state index is 6.17. The van der Waals surface area contributed by atoms with Gasteiger partial charge in [0.15, 0.2) is 5.65 Å². The Labute approximate surface area is 92.4 Å². The molecule has 2 heterocycles. The summed E-state index contributed by atoms with van der Waals surface area (Å²) in [7, 11) is 0. The van der Waals surface area contributed by atoms with Crippen LogP contribution in [0.4, 0.5) is 0 Å². The minimum atomic E-state index is 0.0893. The Bertz CT molecular complexity index is 452. The van der Waals surface area contributed by atoms with Gasteiger partial charge in [-0.1, -0.05) is 13.8 Å². The summed E-state index contributed by atoms with van der Waals surface area (Å²) in [6, 6.07) is 3.75. The molecule has 0 aromatic carbocycles. The largest absolute Gasteiger partial charge is 0.199 e. The van der Waals surface area contributed by atoms with E-state index in [1.807, 2.05) is 12.1 Å². The van der Waals surface area contributed by atoms with Crippen molar-refractivity contribution in [1.82, 2.24) is 25.3 Å². The fraction of sp³-hybridized carbons (Fsp3) is 0.556. The fourth-order valence-corrected chi connectivity index (χ4v) is 1.39. The number of halogens is 1. The average Bonchev–Trinajstić information content (AvgIpc) is 2.64. The Morgan fingerprint density at radius 3 is 2.93 bits per heavy atom. The van der Waals surface area contributed by atoms with Gasteiger partial charge in [0.2, 0.25) is 0 Å². The predicted molar refractivity (Wildman–Crippen MR) is 56.8 cm³/mol. The van der Waals surface area contributed by atoms with Crippen LogP contribution in [0.15, 0.2) is 12.1 Å². The zero-order valence-corrected chi connectivity index (χ0v) is 9.39. The van der Waals surface area contributed by atoms with Crippen molar-refractivity contribution in [2.75, 3.05) is 0 Å². The zero-order valence-electron chi connectivity index (χ0n) is 8.63. The predicted octanol–water partition coefficient (Wildman–Crippen LogP) is 1.33. The molecule has 2 aromatic rings. The lowest BCUT2D eigenvalue weighted by Crippen LogP contribution is -2.13. The van der Waals surface area contributed by atoms with E-state index < -0.39 is 0 Å². The monoisotopic (exact) mass is 225 g/mol. The van der Waals surface area contributed by atoms with Crippen molar-refractivity contribution in [1.29, 1.82) is 0 Å². The zero-order chi connectivity index (χ0) is 10.8. The lowest BCUT2D eigenvalue weighted by molar-refractivity contribution is 0.581. The molecule has 0 aliphatic carbocycles. The topological polar surface area (TPSA) is 56.0 Å². The highest BCUT2D eigenvalue weighted by atomic mass is 35.5. The Morgan fingerprint density at radius 1 is 1.40 bits per heavy atom. The molecule has 0 fully saturated rings. The molecule has 0 spiro atoms. The highest BCUT2D eigenvalue weighted by Gasteiger charge is 2.12. The third kappa shape index (κ3) is 2.23. The molecule has 0 saturated carbocycles. The van der Waals surface area contributed by atoms with Crippen molar-refractivity contribution in [3.05, 3.63) is 17.8 Å². The summed E-state index contributed by atoms with van der Waals surface area (Å²) in [6.45, 7) is 4.18. The van der Waals surface area contributed by atoms with Crippen molar-refractivity contribution < 1.29 is 0 Å². The van der Waals surface area contributed by atoms with E-state index in [4.69, 9.17) is 11.6 Å². The van der Waals surface area contributed by atoms with E-state index in [0.29, 0.717) is 11.6 Å². The van der Waals surface area contributed by atoms with Gasteiger partial charge in [0.05, 0.1) is 5.69 Å². The molecule has 0 bridgehead atoms. The third-order valence-electron chi connectivity index (χ3n) is 2.25. The normalized spacial score (nSPS) is 13.6. The number of aromatic nitrogens is 5. The highest BCUT2D eigenvalue weighted by molar-refractivity contribution is 6.20. The summed E-state index contributed by atoms with van der Waals surface area (Å²) < 4.78 is 1.42. The number of rotatable bonds is 3. The van der Waals surface area contributed by atoms with E-state index in [-0.39, 0.29) is 5.38 Å². The molecule has 6 heteroatoms. The lowest BCUT2D eigenvalue weighted by atomic mass is 10.1. The quantitative estimate of drug-likeness (QED) is 0.740. The first-order valence-corrected chi connectivity index (χ1v) is 5.29. The molecule has 2 rings (SSSR count). The highest BCUT2D eigenvalue weighted by Crippen LogP contribution is 2.14. The van der Waals surface area contributed by atoms with E-state index in [1.165, 1.54) is 4.63 Å². The van der Waals surface area contributed by atoms with E-state index in [1.54, 1.807) is 0 Å². The first-order chi connectivity index (χ1) is 7.16. The van der Waals surface area contributed by atoms with Crippen LogP contribution in [-0.4, -0.2) is 30.6 Å². The smallest absolute Gasteiger partial charge is 0.152 e. The van der Waals surface area contributed by atoms with Gasteiger partial charge in [-0.25, -0.2) is 0 Å². The van der Waals surface area contributed by atoms with E-state index in [0.717, 1.165) is 12.1 Å². The summed E-state index contributed by atoms with van der Waals surface area (Å²) in [5.74, 6) is 0.429. The molecule has 0 N–H and O–H groups in total. The maximum Gasteiger partial charge on any atom is 0.199 e. The van der Waals surface area contributed by atoms with Crippen LogP contribution in [0.2, 0.25) is 0 Å². The Kier molecular flexibility index (Phi) is 2.81. The summed E-state index contributed by atoms with van der Waals surface area (Å²) >= 11 is 6.17. The van der Waals surface area contributed by atoms with Gasteiger partial charge in [-0.2, -0.15) is 5.10 Å². The van der Waals surface area contributed by atoms with Crippen LogP contribution in [0.5, 0.6) is 0 Å². The molecule has 0 aliphatic rings. The van der Waals surface area contributed by atoms with Crippen LogP contribution in [0.3, 0.4) is 0 Å². The number of hydrogen-bond acceptors (Lipinski definition) is 4. The van der Waals surface area contributed by atoms with Crippen LogP contribution in [-0.2, 0) is 6.42 Å². The second kappa shape index (κ2) is 4.10. The number of alkyl halides is 1. The number of hydrogen-bond donors (Lipinski definition) is 0.